The Morgan fingerprint density at radius 2 is 2.09 bits per heavy atom. The molecule has 1 N–H and O–H groups in total. The average molecular weight is 315 g/mol. The molecule has 0 atom stereocenters. The molecular weight excluding hydrogens is 294 g/mol. The number of amides is 1. The maximum atomic E-state index is 12.1. The smallest absolute Gasteiger partial charge is 0.273 e. The molecule has 0 spiro atoms. The lowest BCUT2D eigenvalue weighted by molar-refractivity contribution is 0.0885. The van der Waals surface area contributed by atoms with E-state index in [2.05, 4.69) is 20.6 Å². The van der Waals surface area contributed by atoms with Gasteiger partial charge in [0.1, 0.15) is 6.10 Å². The van der Waals surface area contributed by atoms with Gasteiger partial charge in [0.05, 0.1) is 6.20 Å². The largest absolute Gasteiger partial charge is 0.474 e. The summed E-state index contributed by atoms with van der Waals surface area (Å²) in [4.78, 5) is 16.3. The molecule has 7 nitrogen and oxygen atoms in total. The highest BCUT2D eigenvalue weighted by atomic mass is 16.5. The molecule has 1 fully saturated rings. The van der Waals surface area contributed by atoms with E-state index in [0.29, 0.717) is 11.6 Å². The zero-order chi connectivity index (χ0) is 16.2. The summed E-state index contributed by atoms with van der Waals surface area (Å²) in [7, 11) is 1.74. The lowest BCUT2D eigenvalue weighted by atomic mass is 9.93. The Bertz CT molecular complexity index is 659. The van der Waals surface area contributed by atoms with Gasteiger partial charge in [-0.3, -0.25) is 9.48 Å². The fourth-order valence-electron chi connectivity index (χ4n) is 2.73. The van der Waals surface area contributed by atoms with Gasteiger partial charge < -0.3 is 10.1 Å². The number of nitrogens with zero attached hydrogens (tertiary/aromatic N) is 4. The van der Waals surface area contributed by atoms with Crippen molar-refractivity contribution in [2.24, 2.45) is 7.05 Å². The summed E-state index contributed by atoms with van der Waals surface area (Å²) in [6.45, 7) is 2.00. The SMILES string of the molecule is Cc1ccc(OC2CCC(NC(=O)c3cn(C)nn3)CC2)nc1. The van der Waals surface area contributed by atoms with Gasteiger partial charge in [-0.1, -0.05) is 11.3 Å². The summed E-state index contributed by atoms with van der Waals surface area (Å²) in [5.74, 6) is 0.505. The molecule has 2 aromatic rings. The van der Waals surface area contributed by atoms with Crippen LogP contribution in [0.25, 0.3) is 0 Å². The van der Waals surface area contributed by atoms with E-state index in [1.807, 2.05) is 25.3 Å². The molecule has 2 heterocycles. The first-order chi connectivity index (χ1) is 11.1. The van der Waals surface area contributed by atoms with E-state index in [9.17, 15) is 4.79 Å². The predicted octanol–water partition coefficient (Wildman–Crippen LogP) is 1.64. The molecule has 0 aliphatic heterocycles. The van der Waals surface area contributed by atoms with Gasteiger partial charge in [-0.15, -0.1) is 5.10 Å². The van der Waals surface area contributed by atoms with E-state index >= 15 is 0 Å². The Morgan fingerprint density at radius 3 is 2.70 bits per heavy atom. The van der Waals surface area contributed by atoms with Crippen molar-refractivity contribution in [3.63, 3.8) is 0 Å². The minimum atomic E-state index is -0.164. The Balaban J connectivity index is 1.46. The molecule has 0 bridgehead atoms. The van der Waals surface area contributed by atoms with Crippen LogP contribution in [-0.2, 0) is 7.05 Å². The number of pyridine rings is 1. The Hall–Kier alpha value is -2.44. The van der Waals surface area contributed by atoms with Crippen LogP contribution in [0.2, 0.25) is 0 Å². The Morgan fingerprint density at radius 1 is 1.30 bits per heavy atom. The standard InChI is InChI=1S/C16H21N5O2/c1-11-3-8-15(17-9-11)23-13-6-4-12(5-7-13)18-16(22)14-10-21(2)20-19-14/h3,8-10,12-13H,4-7H2,1-2H3,(H,18,22). The van der Waals surface area contributed by atoms with E-state index < -0.39 is 0 Å². The van der Waals surface area contributed by atoms with E-state index in [0.717, 1.165) is 31.2 Å². The van der Waals surface area contributed by atoms with E-state index in [4.69, 9.17) is 4.74 Å². The molecule has 122 valence electrons. The highest BCUT2D eigenvalue weighted by molar-refractivity contribution is 5.92. The lowest BCUT2D eigenvalue weighted by Crippen LogP contribution is -2.39. The van der Waals surface area contributed by atoms with Crippen LogP contribution >= 0.6 is 0 Å². The highest BCUT2D eigenvalue weighted by Crippen LogP contribution is 2.23. The zero-order valence-electron chi connectivity index (χ0n) is 13.4. The minimum Gasteiger partial charge on any atom is -0.474 e. The number of hydrogen-bond acceptors (Lipinski definition) is 5. The molecule has 2 aromatic heterocycles. The van der Waals surface area contributed by atoms with Crippen molar-refractivity contribution in [3.05, 3.63) is 35.8 Å². The molecule has 1 saturated carbocycles. The van der Waals surface area contributed by atoms with E-state index in [-0.39, 0.29) is 18.1 Å². The molecule has 7 heteroatoms. The highest BCUT2D eigenvalue weighted by Gasteiger charge is 2.24. The molecule has 0 unspecified atom stereocenters. The fourth-order valence-corrected chi connectivity index (χ4v) is 2.73. The zero-order valence-corrected chi connectivity index (χ0v) is 13.4. The third-order valence-corrected chi connectivity index (χ3v) is 4.02. The average Bonchev–Trinajstić information content (AvgIpc) is 2.98. The van der Waals surface area contributed by atoms with Crippen LogP contribution in [0.5, 0.6) is 5.88 Å². The van der Waals surface area contributed by atoms with Crippen molar-refractivity contribution < 1.29 is 9.53 Å². The topological polar surface area (TPSA) is 81.9 Å². The first-order valence-electron chi connectivity index (χ1n) is 7.86. The van der Waals surface area contributed by atoms with Crippen LogP contribution in [0.4, 0.5) is 0 Å². The molecule has 1 aliphatic carbocycles. The number of carbonyl (C=O) groups excluding carboxylic acids is 1. The summed E-state index contributed by atoms with van der Waals surface area (Å²) in [6, 6.07) is 4.06. The molecule has 1 amide bonds. The normalized spacial score (nSPS) is 21.0. The summed E-state index contributed by atoms with van der Waals surface area (Å²) >= 11 is 0. The van der Waals surface area contributed by atoms with Crippen molar-refractivity contribution >= 4 is 5.91 Å². The number of carbonyl (C=O) groups is 1. The molecule has 0 aromatic carbocycles. The molecule has 1 aliphatic rings. The third kappa shape index (κ3) is 4.06. The molecule has 0 saturated heterocycles. The number of rotatable bonds is 4. The van der Waals surface area contributed by atoms with E-state index in [1.54, 1.807) is 13.2 Å². The minimum absolute atomic E-state index is 0.162. The summed E-state index contributed by atoms with van der Waals surface area (Å²) in [5, 5.41) is 10.6. The summed E-state index contributed by atoms with van der Waals surface area (Å²) in [5.41, 5.74) is 1.47. The van der Waals surface area contributed by atoms with Crippen molar-refractivity contribution in [2.75, 3.05) is 0 Å². The van der Waals surface area contributed by atoms with Crippen LogP contribution in [0.15, 0.2) is 24.5 Å². The van der Waals surface area contributed by atoms with Crippen LogP contribution < -0.4 is 10.1 Å². The van der Waals surface area contributed by atoms with Crippen molar-refractivity contribution in [2.45, 2.75) is 44.8 Å². The first-order valence-corrected chi connectivity index (χ1v) is 7.86. The number of hydrogen-bond donors (Lipinski definition) is 1. The van der Waals surface area contributed by atoms with Gasteiger partial charge in [0.25, 0.3) is 5.91 Å². The monoisotopic (exact) mass is 315 g/mol. The maximum absolute atomic E-state index is 12.1. The third-order valence-electron chi connectivity index (χ3n) is 4.02. The van der Waals surface area contributed by atoms with Crippen LogP contribution in [0, 0.1) is 6.92 Å². The summed E-state index contributed by atoms with van der Waals surface area (Å²) in [6.07, 6.45) is 7.18. The van der Waals surface area contributed by atoms with Gasteiger partial charge in [-0.05, 0) is 38.2 Å². The number of ether oxygens (including phenoxy) is 1. The van der Waals surface area contributed by atoms with Crippen LogP contribution in [0.3, 0.4) is 0 Å². The summed E-state index contributed by atoms with van der Waals surface area (Å²) < 4.78 is 7.42. The van der Waals surface area contributed by atoms with Gasteiger partial charge in [0, 0.05) is 25.4 Å². The second-order valence-electron chi connectivity index (χ2n) is 6.02. The van der Waals surface area contributed by atoms with Gasteiger partial charge in [0.15, 0.2) is 5.69 Å². The number of nitrogens with one attached hydrogen (secondary N) is 1. The van der Waals surface area contributed by atoms with Crippen molar-refractivity contribution in [3.8, 4) is 5.88 Å². The predicted molar refractivity (Wildman–Crippen MR) is 84.1 cm³/mol. The second-order valence-corrected chi connectivity index (χ2v) is 6.02. The quantitative estimate of drug-likeness (QED) is 0.927. The molecule has 3 rings (SSSR count). The molecule has 0 radical (unpaired) electrons. The number of aryl methyl sites for hydroxylation is 2. The number of aromatic nitrogens is 4. The van der Waals surface area contributed by atoms with Crippen LogP contribution in [-0.4, -0.2) is 38.0 Å². The molecule has 23 heavy (non-hydrogen) atoms. The first kappa shape index (κ1) is 15.5. The van der Waals surface area contributed by atoms with Gasteiger partial charge in [-0.2, -0.15) is 0 Å². The second kappa shape index (κ2) is 6.76. The maximum Gasteiger partial charge on any atom is 0.273 e. The van der Waals surface area contributed by atoms with E-state index in [1.165, 1.54) is 4.68 Å². The van der Waals surface area contributed by atoms with Crippen molar-refractivity contribution in [1.82, 2.24) is 25.3 Å². The van der Waals surface area contributed by atoms with Gasteiger partial charge in [-0.25, -0.2) is 4.98 Å². The van der Waals surface area contributed by atoms with Crippen molar-refractivity contribution in [1.29, 1.82) is 0 Å². The van der Waals surface area contributed by atoms with Crippen LogP contribution in [0.1, 0.15) is 41.7 Å². The van der Waals surface area contributed by atoms with Gasteiger partial charge in [0.2, 0.25) is 5.88 Å². The Kier molecular flexibility index (Phi) is 4.55. The van der Waals surface area contributed by atoms with Gasteiger partial charge >= 0.3 is 0 Å². The molecular formula is C16H21N5O2. The lowest BCUT2D eigenvalue weighted by Gasteiger charge is -2.29. The fraction of sp³-hybridized carbons (Fsp3) is 0.500. The Labute approximate surface area is 135 Å².